The first kappa shape index (κ1) is 16.4. The zero-order valence-electron chi connectivity index (χ0n) is 11.6. The quantitative estimate of drug-likeness (QED) is 0.645. The predicted octanol–water partition coefficient (Wildman–Crippen LogP) is 1.85. The van der Waals surface area contributed by atoms with Crippen molar-refractivity contribution in [3.05, 3.63) is 33.8 Å². The van der Waals surface area contributed by atoms with E-state index >= 15 is 0 Å². The highest BCUT2D eigenvalue weighted by Crippen LogP contribution is 2.20. The van der Waals surface area contributed by atoms with Crippen LogP contribution in [-0.4, -0.2) is 39.0 Å². The number of hydrogen-bond acceptors (Lipinski definition) is 3. The van der Waals surface area contributed by atoms with Gasteiger partial charge in [-0.25, -0.2) is 8.42 Å². The van der Waals surface area contributed by atoms with Crippen molar-refractivity contribution >= 4 is 39.0 Å². The number of aliphatic imine (C=N–C) groups is 1. The van der Waals surface area contributed by atoms with Gasteiger partial charge >= 0.3 is 0 Å². The van der Waals surface area contributed by atoms with Gasteiger partial charge in [0.2, 0.25) is 0 Å². The zero-order chi connectivity index (χ0) is 15.5. The van der Waals surface area contributed by atoms with Crippen molar-refractivity contribution in [3.8, 4) is 0 Å². The Kier molecular flexibility index (Phi) is 5.35. The normalized spacial score (nSPS) is 21.3. The van der Waals surface area contributed by atoms with Crippen LogP contribution in [0, 0.1) is 0 Å². The van der Waals surface area contributed by atoms with Crippen molar-refractivity contribution in [2.24, 2.45) is 4.99 Å². The fourth-order valence-corrected chi connectivity index (χ4v) is 4.29. The van der Waals surface area contributed by atoms with E-state index in [2.05, 4.69) is 15.6 Å². The Morgan fingerprint density at radius 1 is 1.43 bits per heavy atom. The molecule has 0 radical (unpaired) electrons. The molecule has 1 heterocycles. The molecule has 0 aliphatic carbocycles. The van der Waals surface area contributed by atoms with Gasteiger partial charge in [-0.15, -0.1) is 0 Å². The SMILES string of the molecule is CN=C(NCc1ccc(Cl)cc1Cl)NC1CCS(=O)(=O)C1. The highest BCUT2D eigenvalue weighted by atomic mass is 35.5. The van der Waals surface area contributed by atoms with E-state index in [0.29, 0.717) is 29.0 Å². The van der Waals surface area contributed by atoms with Crippen LogP contribution < -0.4 is 10.6 Å². The molecule has 0 saturated carbocycles. The Labute approximate surface area is 134 Å². The lowest BCUT2D eigenvalue weighted by atomic mass is 10.2. The summed E-state index contributed by atoms with van der Waals surface area (Å²) in [7, 11) is -1.27. The molecular formula is C13H17Cl2N3O2S. The summed E-state index contributed by atoms with van der Waals surface area (Å²) < 4.78 is 22.9. The van der Waals surface area contributed by atoms with E-state index in [1.807, 2.05) is 6.07 Å². The van der Waals surface area contributed by atoms with Gasteiger partial charge in [-0.3, -0.25) is 4.99 Å². The fraction of sp³-hybridized carbons (Fsp3) is 0.462. The monoisotopic (exact) mass is 349 g/mol. The molecule has 1 aromatic carbocycles. The Hall–Kier alpha value is -0.980. The van der Waals surface area contributed by atoms with Crippen molar-refractivity contribution in [1.29, 1.82) is 0 Å². The van der Waals surface area contributed by atoms with Crippen LogP contribution in [0.25, 0.3) is 0 Å². The second-order valence-electron chi connectivity index (χ2n) is 4.91. The van der Waals surface area contributed by atoms with Crippen molar-refractivity contribution in [1.82, 2.24) is 10.6 Å². The van der Waals surface area contributed by atoms with E-state index in [9.17, 15) is 8.42 Å². The summed E-state index contributed by atoms with van der Waals surface area (Å²) in [6, 6.07) is 5.19. The third kappa shape index (κ3) is 4.76. The van der Waals surface area contributed by atoms with E-state index < -0.39 is 9.84 Å². The van der Waals surface area contributed by atoms with Crippen LogP contribution in [0.1, 0.15) is 12.0 Å². The van der Waals surface area contributed by atoms with Gasteiger partial charge in [-0.05, 0) is 24.1 Å². The second-order valence-corrected chi connectivity index (χ2v) is 7.98. The zero-order valence-corrected chi connectivity index (χ0v) is 13.9. The first-order chi connectivity index (χ1) is 9.89. The molecular weight excluding hydrogens is 333 g/mol. The standard InChI is InChI=1S/C13H17Cl2N3O2S/c1-16-13(18-11-4-5-21(19,20)8-11)17-7-9-2-3-10(14)6-12(9)15/h2-3,6,11H,4-5,7-8H2,1H3,(H2,16,17,18). The number of hydrogen-bond donors (Lipinski definition) is 2. The lowest BCUT2D eigenvalue weighted by molar-refractivity contribution is 0.599. The minimum absolute atomic E-state index is 0.0955. The lowest BCUT2D eigenvalue weighted by Gasteiger charge is -2.16. The second kappa shape index (κ2) is 6.85. The van der Waals surface area contributed by atoms with E-state index in [4.69, 9.17) is 23.2 Å². The number of benzene rings is 1. The summed E-state index contributed by atoms with van der Waals surface area (Å²) in [6.07, 6.45) is 0.602. The maximum Gasteiger partial charge on any atom is 0.191 e. The van der Waals surface area contributed by atoms with Crippen LogP contribution in [0.5, 0.6) is 0 Å². The molecule has 1 aromatic rings. The lowest BCUT2D eigenvalue weighted by Crippen LogP contribution is -2.43. The molecule has 2 N–H and O–H groups in total. The van der Waals surface area contributed by atoms with Crippen molar-refractivity contribution in [2.75, 3.05) is 18.6 Å². The smallest absolute Gasteiger partial charge is 0.191 e. The summed E-state index contributed by atoms with van der Waals surface area (Å²) in [5, 5.41) is 7.39. The van der Waals surface area contributed by atoms with E-state index in [1.54, 1.807) is 19.2 Å². The molecule has 0 bridgehead atoms. The number of guanidine groups is 1. The van der Waals surface area contributed by atoms with Crippen LogP contribution in [-0.2, 0) is 16.4 Å². The highest BCUT2D eigenvalue weighted by Gasteiger charge is 2.28. The highest BCUT2D eigenvalue weighted by molar-refractivity contribution is 7.91. The molecule has 2 rings (SSSR count). The molecule has 1 saturated heterocycles. The topological polar surface area (TPSA) is 70.6 Å². The third-order valence-electron chi connectivity index (χ3n) is 3.26. The molecule has 1 aliphatic heterocycles. The van der Waals surface area contributed by atoms with E-state index in [1.165, 1.54) is 0 Å². The molecule has 116 valence electrons. The van der Waals surface area contributed by atoms with Gasteiger partial charge in [0.1, 0.15) is 0 Å². The summed E-state index contributed by atoms with van der Waals surface area (Å²) in [5.41, 5.74) is 0.892. The number of nitrogens with zero attached hydrogens (tertiary/aromatic N) is 1. The number of rotatable bonds is 3. The number of halogens is 2. The van der Waals surface area contributed by atoms with Gasteiger partial charge in [0.05, 0.1) is 11.5 Å². The van der Waals surface area contributed by atoms with Gasteiger partial charge < -0.3 is 10.6 Å². The molecule has 0 aromatic heterocycles. The minimum atomic E-state index is -2.91. The summed E-state index contributed by atoms with van der Waals surface area (Å²) in [5.74, 6) is 0.934. The van der Waals surface area contributed by atoms with Crippen LogP contribution in [0.2, 0.25) is 10.0 Å². The van der Waals surface area contributed by atoms with Crippen molar-refractivity contribution in [2.45, 2.75) is 19.0 Å². The summed E-state index contributed by atoms with van der Waals surface area (Å²) in [6.45, 7) is 0.481. The predicted molar refractivity (Wildman–Crippen MR) is 86.9 cm³/mol. The number of sulfone groups is 1. The Morgan fingerprint density at radius 3 is 2.76 bits per heavy atom. The molecule has 1 unspecified atom stereocenters. The van der Waals surface area contributed by atoms with E-state index in [0.717, 1.165) is 5.56 Å². The van der Waals surface area contributed by atoms with E-state index in [-0.39, 0.29) is 17.5 Å². The summed E-state index contributed by atoms with van der Waals surface area (Å²) in [4.78, 5) is 4.09. The van der Waals surface area contributed by atoms with Crippen molar-refractivity contribution < 1.29 is 8.42 Å². The third-order valence-corrected chi connectivity index (χ3v) is 5.61. The van der Waals surface area contributed by atoms with Crippen LogP contribution in [0.3, 0.4) is 0 Å². The maximum atomic E-state index is 11.4. The Bertz CT molecular complexity index is 647. The molecule has 8 heteroatoms. The van der Waals surface area contributed by atoms with Gasteiger partial charge in [0, 0.05) is 29.7 Å². The van der Waals surface area contributed by atoms with Crippen LogP contribution in [0.15, 0.2) is 23.2 Å². The fourth-order valence-electron chi connectivity index (χ4n) is 2.14. The average molecular weight is 350 g/mol. The largest absolute Gasteiger partial charge is 0.353 e. The summed E-state index contributed by atoms with van der Waals surface area (Å²) >= 11 is 11.9. The first-order valence-electron chi connectivity index (χ1n) is 6.51. The molecule has 21 heavy (non-hydrogen) atoms. The van der Waals surface area contributed by atoms with Gasteiger partial charge in [-0.1, -0.05) is 29.3 Å². The van der Waals surface area contributed by atoms with Gasteiger partial charge in [0.15, 0.2) is 15.8 Å². The van der Waals surface area contributed by atoms with Crippen LogP contribution in [0.4, 0.5) is 0 Å². The average Bonchev–Trinajstić information content (AvgIpc) is 2.75. The van der Waals surface area contributed by atoms with Crippen molar-refractivity contribution in [3.63, 3.8) is 0 Å². The Balaban J connectivity index is 1.91. The number of nitrogens with one attached hydrogen (secondary N) is 2. The molecule has 1 aliphatic rings. The van der Waals surface area contributed by atoms with Gasteiger partial charge in [0.25, 0.3) is 0 Å². The first-order valence-corrected chi connectivity index (χ1v) is 9.09. The van der Waals surface area contributed by atoms with Crippen LogP contribution >= 0.6 is 23.2 Å². The molecule has 1 atom stereocenters. The van der Waals surface area contributed by atoms with Gasteiger partial charge in [-0.2, -0.15) is 0 Å². The molecule has 0 amide bonds. The Morgan fingerprint density at radius 2 is 2.19 bits per heavy atom. The molecule has 1 fully saturated rings. The minimum Gasteiger partial charge on any atom is -0.353 e. The molecule has 0 spiro atoms. The molecule has 5 nitrogen and oxygen atoms in total. The maximum absolute atomic E-state index is 11.4.